The highest BCUT2D eigenvalue weighted by Gasteiger charge is 2.20. The molecule has 0 fully saturated rings. The third kappa shape index (κ3) is 5.79. The van der Waals surface area contributed by atoms with Gasteiger partial charge in [-0.2, -0.15) is 0 Å². The van der Waals surface area contributed by atoms with Gasteiger partial charge >= 0.3 is 5.97 Å². The second-order valence-electron chi connectivity index (χ2n) is 8.34. The van der Waals surface area contributed by atoms with Gasteiger partial charge in [-0.3, -0.25) is 0 Å². The standard InChI is InChI=1S/C27H29NO5/c1-32-17-18-3-2-4-22(13-18)25(29)16-28-15-24-11-9-23-14-21(10-12-26(23)33-24)19-5-7-20(8-6-19)27(30)31/h2-8,10,12-14,24-25,28-29H,9,11,15-17H2,1H3,(H,30,31)/t24-,25?/m1/s1. The van der Waals surface area contributed by atoms with Crippen molar-refractivity contribution in [2.75, 3.05) is 20.2 Å². The molecular weight excluding hydrogens is 418 g/mol. The molecule has 3 aromatic rings. The maximum atomic E-state index is 11.1. The van der Waals surface area contributed by atoms with E-state index in [9.17, 15) is 9.90 Å². The van der Waals surface area contributed by atoms with Gasteiger partial charge in [-0.05, 0) is 64.9 Å². The number of hydrogen-bond donors (Lipinski definition) is 3. The van der Waals surface area contributed by atoms with Gasteiger partial charge in [0.05, 0.1) is 18.3 Å². The van der Waals surface area contributed by atoms with E-state index in [1.165, 1.54) is 0 Å². The highest BCUT2D eigenvalue weighted by molar-refractivity contribution is 5.88. The van der Waals surface area contributed by atoms with Crippen LogP contribution in [0.25, 0.3) is 11.1 Å². The van der Waals surface area contributed by atoms with E-state index in [4.69, 9.17) is 14.6 Å². The van der Waals surface area contributed by atoms with Gasteiger partial charge in [0.2, 0.25) is 0 Å². The molecule has 0 radical (unpaired) electrons. The van der Waals surface area contributed by atoms with Crippen molar-refractivity contribution >= 4 is 5.97 Å². The zero-order valence-corrected chi connectivity index (χ0v) is 18.7. The van der Waals surface area contributed by atoms with E-state index in [2.05, 4.69) is 11.4 Å². The van der Waals surface area contributed by atoms with Crippen LogP contribution in [0.1, 0.15) is 39.6 Å². The van der Waals surface area contributed by atoms with Crippen molar-refractivity contribution in [3.05, 3.63) is 89.0 Å². The first-order chi connectivity index (χ1) is 16.0. The van der Waals surface area contributed by atoms with Gasteiger partial charge in [-0.25, -0.2) is 4.79 Å². The first-order valence-electron chi connectivity index (χ1n) is 11.1. The molecule has 33 heavy (non-hydrogen) atoms. The molecule has 4 rings (SSSR count). The van der Waals surface area contributed by atoms with Crippen LogP contribution < -0.4 is 10.1 Å². The molecule has 0 saturated heterocycles. The lowest BCUT2D eigenvalue weighted by molar-refractivity contribution is 0.0697. The Morgan fingerprint density at radius 1 is 1.12 bits per heavy atom. The molecule has 1 heterocycles. The summed E-state index contributed by atoms with van der Waals surface area (Å²) in [5, 5.41) is 22.9. The summed E-state index contributed by atoms with van der Waals surface area (Å²) < 4.78 is 11.3. The number of fused-ring (bicyclic) bond motifs is 1. The van der Waals surface area contributed by atoms with Crippen molar-refractivity contribution in [1.82, 2.24) is 5.32 Å². The Labute approximate surface area is 193 Å². The van der Waals surface area contributed by atoms with E-state index in [0.29, 0.717) is 19.7 Å². The molecule has 1 unspecified atom stereocenters. The summed E-state index contributed by atoms with van der Waals surface area (Å²) in [6.07, 6.45) is 1.25. The Balaban J connectivity index is 1.31. The van der Waals surface area contributed by atoms with Gasteiger partial charge in [0.25, 0.3) is 0 Å². The van der Waals surface area contributed by atoms with Gasteiger partial charge in [0.15, 0.2) is 0 Å². The quantitative estimate of drug-likeness (QED) is 0.455. The van der Waals surface area contributed by atoms with Crippen molar-refractivity contribution in [3.8, 4) is 16.9 Å². The van der Waals surface area contributed by atoms with E-state index in [0.717, 1.165) is 46.4 Å². The van der Waals surface area contributed by atoms with Crippen LogP contribution in [0.15, 0.2) is 66.7 Å². The lowest BCUT2D eigenvalue weighted by Gasteiger charge is -2.27. The number of ether oxygens (including phenoxy) is 2. The number of aromatic carboxylic acids is 1. The van der Waals surface area contributed by atoms with Gasteiger partial charge in [-0.1, -0.05) is 42.5 Å². The summed E-state index contributed by atoms with van der Waals surface area (Å²) in [5.74, 6) is -0.0426. The van der Waals surface area contributed by atoms with Crippen LogP contribution in [-0.2, 0) is 17.8 Å². The van der Waals surface area contributed by atoms with Gasteiger partial charge in [-0.15, -0.1) is 0 Å². The summed E-state index contributed by atoms with van der Waals surface area (Å²) in [5.41, 5.74) is 5.37. The fourth-order valence-corrected chi connectivity index (χ4v) is 4.13. The second-order valence-corrected chi connectivity index (χ2v) is 8.34. The summed E-state index contributed by atoms with van der Waals surface area (Å²) >= 11 is 0. The predicted octanol–water partition coefficient (Wildman–Crippen LogP) is 4.22. The van der Waals surface area contributed by atoms with E-state index in [1.54, 1.807) is 19.2 Å². The maximum Gasteiger partial charge on any atom is 0.335 e. The summed E-state index contributed by atoms with van der Waals surface area (Å²) in [4.78, 5) is 11.1. The smallest absolute Gasteiger partial charge is 0.335 e. The Kier molecular flexibility index (Phi) is 7.40. The normalized spacial score (nSPS) is 16.0. The largest absolute Gasteiger partial charge is 0.489 e. The van der Waals surface area contributed by atoms with Crippen LogP contribution in [0.2, 0.25) is 0 Å². The highest BCUT2D eigenvalue weighted by Crippen LogP contribution is 2.32. The van der Waals surface area contributed by atoms with Crippen LogP contribution in [0.3, 0.4) is 0 Å². The molecule has 3 N–H and O–H groups in total. The monoisotopic (exact) mass is 447 g/mol. The molecule has 0 bridgehead atoms. The molecule has 1 aliphatic heterocycles. The molecule has 0 aliphatic carbocycles. The molecule has 6 heteroatoms. The minimum Gasteiger partial charge on any atom is -0.489 e. The number of aliphatic hydroxyl groups is 1. The molecular formula is C27H29NO5. The predicted molar refractivity (Wildman–Crippen MR) is 127 cm³/mol. The number of carbonyl (C=O) groups is 1. The molecule has 172 valence electrons. The molecule has 2 atom stereocenters. The number of rotatable bonds is 9. The Morgan fingerprint density at radius 3 is 2.67 bits per heavy atom. The minimum atomic E-state index is -0.924. The first-order valence-corrected chi connectivity index (χ1v) is 11.1. The van der Waals surface area contributed by atoms with Crippen LogP contribution in [0, 0.1) is 0 Å². The summed E-state index contributed by atoms with van der Waals surface area (Å²) in [6, 6.07) is 20.8. The number of methoxy groups -OCH3 is 1. The molecule has 0 amide bonds. The van der Waals surface area contributed by atoms with E-state index in [-0.39, 0.29) is 11.7 Å². The van der Waals surface area contributed by atoms with E-state index < -0.39 is 12.1 Å². The van der Waals surface area contributed by atoms with Crippen LogP contribution in [0.5, 0.6) is 5.75 Å². The maximum absolute atomic E-state index is 11.1. The van der Waals surface area contributed by atoms with Crippen LogP contribution in [-0.4, -0.2) is 42.5 Å². The first kappa shape index (κ1) is 23.0. The van der Waals surface area contributed by atoms with Crippen molar-refractivity contribution < 1.29 is 24.5 Å². The number of carboxylic acid groups (broad SMARTS) is 1. The SMILES string of the molecule is COCc1cccc(C(O)CNC[C@H]2CCc3cc(-c4ccc(C(=O)O)cc4)ccc3O2)c1. The third-order valence-corrected chi connectivity index (χ3v) is 5.91. The van der Waals surface area contributed by atoms with Gasteiger partial charge in [0, 0.05) is 20.2 Å². The number of aryl methyl sites for hydroxylation is 1. The average Bonchev–Trinajstić information content (AvgIpc) is 2.84. The lowest BCUT2D eigenvalue weighted by Crippen LogP contribution is -2.36. The minimum absolute atomic E-state index is 0.0465. The van der Waals surface area contributed by atoms with Crippen molar-refractivity contribution in [1.29, 1.82) is 0 Å². The third-order valence-electron chi connectivity index (χ3n) is 5.91. The van der Waals surface area contributed by atoms with E-state index >= 15 is 0 Å². The van der Waals surface area contributed by atoms with Crippen molar-refractivity contribution in [3.63, 3.8) is 0 Å². The summed E-state index contributed by atoms with van der Waals surface area (Å²) in [7, 11) is 1.66. The Morgan fingerprint density at radius 2 is 1.91 bits per heavy atom. The number of nitrogens with one attached hydrogen (secondary N) is 1. The van der Waals surface area contributed by atoms with Gasteiger partial charge in [0.1, 0.15) is 11.9 Å². The summed E-state index contributed by atoms with van der Waals surface area (Å²) in [6.45, 7) is 1.64. The molecule has 0 aromatic heterocycles. The number of hydrogen-bond acceptors (Lipinski definition) is 5. The topological polar surface area (TPSA) is 88.0 Å². The second kappa shape index (κ2) is 10.6. The molecule has 0 saturated carbocycles. The van der Waals surface area contributed by atoms with E-state index in [1.807, 2.05) is 48.5 Å². The average molecular weight is 448 g/mol. The zero-order chi connectivity index (χ0) is 23.2. The Bertz CT molecular complexity index is 1100. The number of carboxylic acids is 1. The number of benzene rings is 3. The molecule has 6 nitrogen and oxygen atoms in total. The molecule has 3 aromatic carbocycles. The van der Waals surface area contributed by atoms with Crippen LogP contribution >= 0.6 is 0 Å². The van der Waals surface area contributed by atoms with Crippen molar-refractivity contribution in [2.45, 2.75) is 31.7 Å². The van der Waals surface area contributed by atoms with Crippen LogP contribution in [0.4, 0.5) is 0 Å². The van der Waals surface area contributed by atoms with Crippen molar-refractivity contribution in [2.24, 2.45) is 0 Å². The highest BCUT2D eigenvalue weighted by atomic mass is 16.5. The Hall–Kier alpha value is -3.19. The molecule has 0 spiro atoms. The fraction of sp³-hybridized carbons (Fsp3) is 0.296. The van der Waals surface area contributed by atoms with Gasteiger partial charge < -0.3 is 25.0 Å². The lowest BCUT2D eigenvalue weighted by atomic mass is 9.96. The molecule has 1 aliphatic rings. The zero-order valence-electron chi connectivity index (χ0n) is 18.7. The number of aliphatic hydroxyl groups excluding tert-OH is 1. The fourth-order valence-electron chi connectivity index (χ4n) is 4.13.